The van der Waals surface area contributed by atoms with Gasteiger partial charge in [-0.25, -0.2) is 4.52 Å². The molecule has 0 aromatic carbocycles. The highest BCUT2D eigenvalue weighted by atomic mass is 16.3. The van der Waals surface area contributed by atoms with Crippen LogP contribution in [0.4, 0.5) is 11.5 Å². The molecule has 7 heteroatoms. The van der Waals surface area contributed by atoms with Crippen molar-refractivity contribution in [1.82, 2.24) is 14.9 Å². The Kier molecular flexibility index (Phi) is 7.35. The zero-order valence-corrected chi connectivity index (χ0v) is 19.2. The van der Waals surface area contributed by atoms with Gasteiger partial charge in [0.1, 0.15) is 0 Å². The molecule has 1 aliphatic carbocycles. The maximum absolute atomic E-state index is 11.7. The first-order chi connectivity index (χ1) is 15.6. The molecule has 4 rings (SSSR count). The van der Waals surface area contributed by atoms with E-state index in [0.717, 1.165) is 62.8 Å². The van der Waals surface area contributed by atoms with Gasteiger partial charge >= 0.3 is 0 Å². The number of amides is 1. The fourth-order valence-electron chi connectivity index (χ4n) is 5.42. The molecule has 0 spiro atoms. The van der Waals surface area contributed by atoms with Crippen LogP contribution in [0, 0.1) is 0 Å². The van der Waals surface area contributed by atoms with Gasteiger partial charge in [-0.2, -0.15) is 5.10 Å². The average molecular weight is 440 g/mol. The van der Waals surface area contributed by atoms with Crippen molar-refractivity contribution < 1.29 is 9.90 Å². The summed E-state index contributed by atoms with van der Waals surface area (Å²) in [6, 6.07) is 5.31. The number of aliphatic hydroxyl groups is 1. The fourth-order valence-corrected chi connectivity index (χ4v) is 5.42. The minimum atomic E-state index is -0.0950. The van der Waals surface area contributed by atoms with E-state index in [-0.39, 0.29) is 18.6 Å². The summed E-state index contributed by atoms with van der Waals surface area (Å²) >= 11 is 0. The Labute approximate surface area is 190 Å². The van der Waals surface area contributed by atoms with Gasteiger partial charge in [0, 0.05) is 48.7 Å². The minimum Gasteiger partial charge on any atom is -0.396 e. The molecule has 7 nitrogen and oxygen atoms in total. The molecule has 1 aliphatic heterocycles. The third kappa shape index (κ3) is 4.93. The third-order valence-corrected chi connectivity index (χ3v) is 7.04. The highest BCUT2D eigenvalue weighted by Crippen LogP contribution is 2.31. The van der Waals surface area contributed by atoms with E-state index in [0.29, 0.717) is 12.1 Å². The van der Waals surface area contributed by atoms with Crippen molar-refractivity contribution in [2.75, 3.05) is 23.4 Å². The second kappa shape index (κ2) is 10.4. The van der Waals surface area contributed by atoms with Gasteiger partial charge in [0.15, 0.2) is 5.82 Å². The number of aliphatic hydroxyl groups excluding tert-OH is 1. The van der Waals surface area contributed by atoms with Gasteiger partial charge in [-0.05, 0) is 76.0 Å². The summed E-state index contributed by atoms with van der Waals surface area (Å²) < 4.78 is 1.98. The van der Waals surface area contributed by atoms with Gasteiger partial charge in [0.2, 0.25) is 5.91 Å². The highest BCUT2D eigenvalue weighted by Gasteiger charge is 2.26. The van der Waals surface area contributed by atoms with Crippen molar-refractivity contribution in [3.05, 3.63) is 36.5 Å². The van der Waals surface area contributed by atoms with Crippen LogP contribution < -0.4 is 15.5 Å². The zero-order chi connectivity index (χ0) is 22.5. The Morgan fingerprint density at radius 3 is 2.91 bits per heavy atom. The molecule has 1 saturated heterocycles. The highest BCUT2D eigenvalue weighted by molar-refractivity contribution is 5.87. The first-order valence-electron chi connectivity index (χ1n) is 12.2. The first-order valence-corrected chi connectivity index (χ1v) is 12.2. The molecule has 1 saturated carbocycles. The van der Waals surface area contributed by atoms with Crippen LogP contribution >= 0.6 is 0 Å². The summed E-state index contributed by atoms with van der Waals surface area (Å²) in [5, 5.41) is 21.1. The Bertz CT molecular complexity index is 938. The summed E-state index contributed by atoms with van der Waals surface area (Å²) in [5.74, 6) is 0.860. The van der Waals surface area contributed by atoms with Crippen LogP contribution in [0.2, 0.25) is 0 Å². The number of aryl methyl sites for hydroxylation is 1. The number of hydrogen-bond acceptors (Lipinski definition) is 5. The van der Waals surface area contributed by atoms with Crippen molar-refractivity contribution >= 4 is 22.9 Å². The van der Waals surface area contributed by atoms with Gasteiger partial charge in [0.25, 0.3) is 0 Å². The summed E-state index contributed by atoms with van der Waals surface area (Å²) in [4.78, 5) is 14.2. The van der Waals surface area contributed by atoms with E-state index in [1.54, 1.807) is 0 Å². The minimum absolute atomic E-state index is 0.0950. The van der Waals surface area contributed by atoms with Gasteiger partial charge in [-0.1, -0.05) is 13.5 Å². The lowest BCUT2D eigenvalue weighted by Gasteiger charge is -2.37. The lowest BCUT2D eigenvalue weighted by molar-refractivity contribution is -0.117. The van der Waals surface area contributed by atoms with Crippen LogP contribution in [0.25, 0.3) is 5.52 Å². The lowest BCUT2D eigenvalue weighted by Crippen LogP contribution is -2.41. The number of pyridine rings is 1. The number of fused-ring (bicyclic) bond motifs is 1. The van der Waals surface area contributed by atoms with Gasteiger partial charge in [-0.15, -0.1) is 0 Å². The average Bonchev–Trinajstić information content (AvgIpc) is 3.15. The molecule has 2 aromatic heterocycles. The fraction of sp³-hybridized carbons (Fsp3) is 0.600. The molecule has 3 N–H and O–H groups in total. The van der Waals surface area contributed by atoms with E-state index in [1.807, 2.05) is 4.52 Å². The first kappa shape index (κ1) is 22.6. The van der Waals surface area contributed by atoms with Crippen LogP contribution in [0.5, 0.6) is 0 Å². The molecule has 0 bridgehead atoms. The number of rotatable bonds is 8. The standard InChI is InChI=1S/C25H37N5O2/c1-3-22-23-17-21(29-13-6-5-10-20(29)12-15-31)11-14-30(23)28-25(22)27-19-9-7-8-18(16-19)26-24(32)4-2/h4,11,14,17-20,31H,2-3,5-10,12-13,15-16H2,1H3,(H,26,32)(H,27,28)/t18?,19?,20-/m0/s1. The van der Waals surface area contributed by atoms with Gasteiger partial charge < -0.3 is 20.6 Å². The predicted octanol–water partition coefficient (Wildman–Crippen LogP) is 3.66. The van der Waals surface area contributed by atoms with Crippen molar-refractivity contribution in [1.29, 1.82) is 0 Å². The van der Waals surface area contributed by atoms with Crippen LogP contribution in [0.15, 0.2) is 31.0 Å². The third-order valence-electron chi connectivity index (χ3n) is 7.04. The smallest absolute Gasteiger partial charge is 0.243 e. The molecular weight excluding hydrogens is 402 g/mol. The molecule has 3 atom stereocenters. The summed E-state index contributed by atoms with van der Waals surface area (Å²) in [6.07, 6.45) is 12.8. The second-order valence-electron chi connectivity index (χ2n) is 9.17. The topological polar surface area (TPSA) is 81.9 Å². The van der Waals surface area contributed by atoms with E-state index in [9.17, 15) is 9.90 Å². The summed E-state index contributed by atoms with van der Waals surface area (Å²) in [5.41, 5.74) is 3.61. The van der Waals surface area contributed by atoms with Crippen LogP contribution in [-0.2, 0) is 11.2 Å². The van der Waals surface area contributed by atoms with Gasteiger partial charge in [0.05, 0.1) is 5.52 Å². The van der Waals surface area contributed by atoms with Crippen LogP contribution in [-0.4, -0.2) is 51.9 Å². The maximum Gasteiger partial charge on any atom is 0.243 e. The zero-order valence-electron chi connectivity index (χ0n) is 19.2. The Hall–Kier alpha value is -2.54. The SMILES string of the molecule is C=CC(=O)NC1CCCC(Nc2nn3ccc(N4CCCC[C@H]4CCO)cc3c2CC)C1. The van der Waals surface area contributed by atoms with E-state index in [2.05, 4.69) is 47.4 Å². The molecule has 174 valence electrons. The number of carbonyl (C=O) groups excluding carboxylic acids is 1. The molecular formula is C25H37N5O2. The lowest BCUT2D eigenvalue weighted by atomic mass is 9.90. The normalized spacial score (nSPS) is 23.8. The second-order valence-corrected chi connectivity index (χ2v) is 9.17. The summed E-state index contributed by atoms with van der Waals surface area (Å²) in [6.45, 7) is 7.02. The Balaban J connectivity index is 1.54. The van der Waals surface area contributed by atoms with Crippen molar-refractivity contribution in [3.63, 3.8) is 0 Å². The number of piperidine rings is 1. The largest absolute Gasteiger partial charge is 0.396 e. The predicted molar refractivity (Wildman–Crippen MR) is 129 cm³/mol. The number of nitrogens with zero attached hydrogens (tertiary/aromatic N) is 3. The van der Waals surface area contributed by atoms with Crippen LogP contribution in [0.1, 0.15) is 63.9 Å². The van der Waals surface area contributed by atoms with Crippen molar-refractivity contribution in [2.24, 2.45) is 0 Å². The van der Waals surface area contributed by atoms with Gasteiger partial charge in [-0.3, -0.25) is 4.79 Å². The Morgan fingerprint density at radius 1 is 1.28 bits per heavy atom. The molecule has 2 unspecified atom stereocenters. The monoisotopic (exact) mass is 439 g/mol. The van der Waals surface area contributed by atoms with Crippen molar-refractivity contribution in [2.45, 2.75) is 82.8 Å². The molecule has 2 aromatic rings. The molecule has 2 aliphatic rings. The quantitative estimate of drug-likeness (QED) is 0.547. The maximum atomic E-state index is 11.7. The number of carbonyl (C=O) groups is 1. The molecule has 1 amide bonds. The Morgan fingerprint density at radius 2 is 2.12 bits per heavy atom. The number of anilines is 2. The number of nitrogens with one attached hydrogen (secondary N) is 2. The molecule has 32 heavy (non-hydrogen) atoms. The summed E-state index contributed by atoms with van der Waals surface area (Å²) in [7, 11) is 0. The van der Waals surface area contributed by atoms with Crippen LogP contribution in [0.3, 0.4) is 0 Å². The van der Waals surface area contributed by atoms with E-state index in [4.69, 9.17) is 5.10 Å². The molecule has 3 heterocycles. The molecule has 0 radical (unpaired) electrons. The number of hydrogen-bond donors (Lipinski definition) is 3. The van der Waals surface area contributed by atoms with Crippen molar-refractivity contribution in [3.8, 4) is 0 Å². The number of aromatic nitrogens is 2. The molecule has 2 fully saturated rings. The van der Waals surface area contributed by atoms with E-state index in [1.165, 1.54) is 30.2 Å². The van der Waals surface area contributed by atoms with E-state index < -0.39 is 0 Å². The van der Waals surface area contributed by atoms with E-state index >= 15 is 0 Å².